The van der Waals surface area contributed by atoms with Crippen molar-refractivity contribution in [2.75, 3.05) is 13.1 Å². The fourth-order valence-corrected chi connectivity index (χ4v) is 3.57. The van der Waals surface area contributed by atoms with Crippen molar-refractivity contribution in [2.45, 2.75) is 33.0 Å². The van der Waals surface area contributed by atoms with Gasteiger partial charge in [-0.25, -0.2) is 15.0 Å². The van der Waals surface area contributed by atoms with Gasteiger partial charge in [0.25, 0.3) is 5.91 Å². The van der Waals surface area contributed by atoms with Gasteiger partial charge < -0.3 is 9.64 Å². The molecule has 2 aromatic rings. The Bertz CT molecular complexity index is 663. The molecular formula is C15H18N4O2S. The Morgan fingerprint density at radius 2 is 1.91 bits per heavy atom. The summed E-state index contributed by atoms with van der Waals surface area (Å²) in [6.45, 7) is 7.04. The molecule has 0 N–H and O–H groups in total. The van der Waals surface area contributed by atoms with E-state index in [9.17, 15) is 4.79 Å². The van der Waals surface area contributed by atoms with Gasteiger partial charge in [-0.1, -0.05) is 0 Å². The highest BCUT2D eigenvalue weighted by atomic mass is 32.1. The van der Waals surface area contributed by atoms with Gasteiger partial charge in [-0.2, -0.15) is 0 Å². The second-order valence-corrected chi connectivity index (χ2v) is 6.47. The van der Waals surface area contributed by atoms with Crippen LogP contribution >= 0.6 is 11.3 Å². The lowest BCUT2D eigenvalue weighted by Gasteiger charge is -2.35. The molecule has 1 aliphatic rings. The Kier molecular flexibility index (Phi) is 4.17. The minimum atomic E-state index is 0.0131. The first-order valence-corrected chi connectivity index (χ1v) is 8.06. The van der Waals surface area contributed by atoms with Gasteiger partial charge >= 0.3 is 0 Å². The summed E-state index contributed by atoms with van der Waals surface area (Å²) in [6, 6.07) is 1.76. The van der Waals surface area contributed by atoms with Crippen LogP contribution in [0.4, 0.5) is 0 Å². The van der Waals surface area contributed by atoms with Gasteiger partial charge in [0, 0.05) is 25.5 Å². The van der Waals surface area contributed by atoms with Crippen LogP contribution in [0.1, 0.15) is 29.2 Å². The molecule has 1 saturated heterocycles. The molecule has 0 radical (unpaired) electrons. The Balaban J connectivity index is 1.86. The quantitative estimate of drug-likeness (QED) is 0.849. The van der Waals surface area contributed by atoms with Crippen LogP contribution in [0, 0.1) is 6.92 Å². The van der Waals surface area contributed by atoms with Gasteiger partial charge in [0.1, 0.15) is 4.88 Å². The number of carbonyl (C=O) groups is 1. The maximum absolute atomic E-state index is 12.8. The summed E-state index contributed by atoms with van der Waals surface area (Å²) in [5.41, 5.74) is 0.726. The summed E-state index contributed by atoms with van der Waals surface area (Å²) in [5.74, 6) is 0.567. The van der Waals surface area contributed by atoms with E-state index < -0.39 is 0 Å². The molecule has 7 heteroatoms. The monoisotopic (exact) mass is 318 g/mol. The van der Waals surface area contributed by atoms with E-state index in [-0.39, 0.29) is 18.1 Å². The number of hydrogen-bond acceptors (Lipinski definition) is 6. The molecule has 1 aliphatic heterocycles. The lowest BCUT2D eigenvalue weighted by Crippen LogP contribution is -2.48. The van der Waals surface area contributed by atoms with Crippen molar-refractivity contribution >= 4 is 17.2 Å². The van der Waals surface area contributed by atoms with Crippen molar-refractivity contribution in [1.82, 2.24) is 19.9 Å². The third-order valence-electron chi connectivity index (χ3n) is 3.45. The number of morpholine rings is 1. The molecule has 116 valence electrons. The maximum atomic E-state index is 12.8. The van der Waals surface area contributed by atoms with E-state index >= 15 is 0 Å². The Hall–Kier alpha value is -1.86. The van der Waals surface area contributed by atoms with Crippen molar-refractivity contribution < 1.29 is 9.53 Å². The zero-order valence-corrected chi connectivity index (χ0v) is 13.6. The molecule has 0 saturated carbocycles. The summed E-state index contributed by atoms with van der Waals surface area (Å²) >= 11 is 1.35. The second-order valence-electron chi connectivity index (χ2n) is 5.47. The summed E-state index contributed by atoms with van der Waals surface area (Å²) in [7, 11) is 0. The lowest BCUT2D eigenvalue weighted by molar-refractivity contribution is -0.0585. The number of carbonyl (C=O) groups excluding carboxylic acids is 1. The van der Waals surface area contributed by atoms with Crippen molar-refractivity contribution in [3.8, 4) is 10.8 Å². The third-order valence-corrected chi connectivity index (χ3v) is 4.60. The highest BCUT2D eigenvalue weighted by Crippen LogP contribution is 2.27. The zero-order valence-electron chi connectivity index (χ0n) is 12.8. The summed E-state index contributed by atoms with van der Waals surface area (Å²) in [4.78, 5) is 28.1. The number of nitrogens with zero attached hydrogens (tertiary/aromatic N) is 4. The first-order chi connectivity index (χ1) is 10.5. The average Bonchev–Trinajstić information content (AvgIpc) is 2.88. The zero-order chi connectivity index (χ0) is 15.7. The second kappa shape index (κ2) is 6.10. The average molecular weight is 318 g/mol. The molecule has 0 aromatic carbocycles. The van der Waals surface area contributed by atoms with Crippen LogP contribution in [0.25, 0.3) is 10.8 Å². The van der Waals surface area contributed by atoms with Crippen molar-refractivity contribution in [2.24, 2.45) is 0 Å². The third kappa shape index (κ3) is 3.00. The molecule has 0 unspecified atom stereocenters. The molecule has 0 bridgehead atoms. The van der Waals surface area contributed by atoms with Crippen LogP contribution in [-0.2, 0) is 4.74 Å². The van der Waals surface area contributed by atoms with Crippen LogP contribution in [0.15, 0.2) is 18.5 Å². The van der Waals surface area contributed by atoms with E-state index in [1.807, 2.05) is 25.7 Å². The fourth-order valence-electron chi connectivity index (χ4n) is 2.59. The van der Waals surface area contributed by atoms with E-state index in [0.29, 0.717) is 28.8 Å². The molecule has 1 amide bonds. The Morgan fingerprint density at radius 3 is 2.55 bits per heavy atom. The molecule has 2 aromatic heterocycles. The van der Waals surface area contributed by atoms with Crippen LogP contribution < -0.4 is 0 Å². The number of rotatable bonds is 2. The van der Waals surface area contributed by atoms with Crippen molar-refractivity contribution in [1.29, 1.82) is 0 Å². The normalized spacial score (nSPS) is 21.9. The molecule has 3 heterocycles. The first kappa shape index (κ1) is 15.1. The van der Waals surface area contributed by atoms with E-state index in [1.165, 1.54) is 11.3 Å². The van der Waals surface area contributed by atoms with Crippen LogP contribution in [0.3, 0.4) is 0 Å². The van der Waals surface area contributed by atoms with Gasteiger partial charge in [0.05, 0.1) is 17.9 Å². The summed E-state index contributed by atoms with van der Waals surface area (Å²) < 4.78 is 5.68. The number of ether oxygens (including phenoxy) is 1. The van der Waals surface area contributed by atoms with Gasteiger partial charge in [0.15, 0.2) is 10.8 Å². The van der Waals surface area contributed by atoms with Gasteiger partial charge in [0.2, 0.25) is 0 Å². The van der Waals surface area contributed by atoms with Crippen LogP contribution in [0.5, 0.6) is 0 Å². The predicted molar refractivity (Wildman–Crippen MR) is 83.8 cm³/mol. The maximum Gasteiger partial charge on any atom is 0.266 e. The van der Waals surface area contributed by atoms with E-state index in [2.05, 4.69) is 15.0 Å². The summed E-state index contributed by atoms with van der Waals surface area (Å²) in [5, 5.41) is 0.677. The van der Waals surface area contributed by atoms with Crippen LogP contribution in [-0.4, -0.2) is 51.1 Å². The molecule has 6 nitrogen and oxygen atoms in total. The van der Waals surface area contributed by atoms with E-state index in [0.717, 1.165) is 5.69 Å². The summed E-state index contributed by atoms with van der Waals surface area (Å²) in [6.07, 6.45) is 3.45. The van der Waals surface area contributed by atoms with Gasteiger partial charge in [-0.05, 0) is 26.8 Å². The number of hydrogen-bond donors (Lipinski definition) is 0. The fraction of sp³-hybridized carbons (Fsp3) is 0.467. The van der Waals surface area contributed by atoms with Crippen molar-refractivity contribution in [3.63, 3.8) is 0 Å². The van der Waals surface area contributed by atoms with Crippen LogP contribution in [0.2, 0.25) is 0 Å². The molecule has 2 atom stereocenters. The topological polar surface area (TPSA) is 68.2 Å². The minimum absolute atomic E-state index is 0.0131. The van der Waals surface area contributed by atoms with Crippen molar-refractivity contribution in [3.05, 3.63) is 29.0 Å². The largest absolute Gasteiger partial charge is 0.372 e. The SMILES string of the molecule is Cc1nc(-c2ncccn2)sc1C(=O)N1C[C@H](C)O[C@@H](C)C1. The predicted octanol–water partition coefficient (Wildman–Crippen LogP) is 2.16. The smallest absolute Gasteiger partial charge is 0.266 e. The van der Waals surface area contributed by atoms with E-state index in [1.54, 1.807) is 18.5 Å². The molecule has 3 rings (SSSR count). The first-order valence-electron chi connectivity index (χ1n) is 7.24. The number of thiazole rings is 1. The highest BCUT2D eigenvalue weighted by molar-refractivity contribution is 7.17. The standard InChI is InChI=1S/C15H18N4O2S/c1-9-7-19(8-10(2)21-9)15(20)12-11(3)18-14(22-12)13-16-5-4-6-17-13/h4-6,9-10H,7-8H2,1-3H3/t9-,10-/m0/s1. The highest BCUT2D eigenvalue weighted by Gasteiger charge is 2.29. The molecule has 0 spiro atoms. The molecular weight excluding hydrogens is 300 g/mol. The van der Waals surface area contributed by atoms with E-state index in [4.69, 9.17) is 4.74 Å². The van der Waals surface area contributed by atoms with Gasteiger partial charge in [-0.15, -0.1) is 11.3 Å². The Morgan fingerprint density at radius 1 is 1.27 bits per heavy atom. The molecule has 22 heavy (non-hydrogen) atoms. The molecule has 0 aliphatic carbocycles. The molecule has 1 fully saturated rings. The Labute approximate surface area is 133 Å². The lowest BCUT2D eigenvalue weighted by atomic mass is 10.2. The number of aryl methyl sites for hydroxylation is 1. The van der Waals surface area contributed by atoms with Gasteiger partial charge in [-0.3, -0.25) is 4.79 Å². The number of aromatic nitrogens is 3. The minimum Gasteiger partial charge on any atom is -0.372 e. The number of amides is 1.